The lowest BCUT2D eigenvalue weighted by atomic mass is 9.61. The number of fused-ring (bicyclic) bond motifs is 1. The van der Waals surface area contributed by atoms with Crippen LogP contribution in [0.3, 0.4) is 0 Å². The van der Waals surface area contributed by atoms with Gasteiger partial charge in [-0.1, -0.05) is 20.3 Å². The summed E-state index contributed by atoms with van der Waals surface area (Å²) in [6.45, 7) is 6.15. The van der Waals surface area contributed by atoms with Crippen LogP contribution in [0, 0.1) is 23.2 Å². The number of hydrogen-bond donors (Lipinski definition) is 2. The highest BCUT2D eigenvalue weighted by molar-refractivity contribution is 5.80. The van der Waals surface area contributed by atoms with Crippen molar-refractivity contribution in [3.63, 3.8) is 0 Å². The van der Waals surface area contributed by atoms with Crippen LogP contribution in [0.5, 0.6) is 0 Å². The molecule has 3 fully saturated rings. The number of rotatable bonds is 3. The van der Waals surface area contributed by atoms with Gasteiger partial charge in [0.25, 0.3) is 0 Å². The Bertz CT molecular complexity index is 446. The summed E-state index contributed by atoms with van der Waals surface area (Å²) in [4.78, 5) is 11.6. The normalized spacial score (nSPS) is 49.8. The third-order valence-electron chi connectivity index (χ3n) is 6.82. The second-order valence-corrected chi connectivity index (χ2v) is 8.47. The van der Waals surface area contributed by atoms with E-state index in [0.29, 0.717) is 24.2 Å². The van der Waals surface area contributed by atoms with Gasteiger partial charge in [-0.2, -0.15) is 0 Å². The molecule has 0 aromatic carbocycles. The van der Waals surface area contributed by atoms with Crippen molar-refractivity contribution in [1.82, 2.24) is 0 Å². The Morgan fingerprint density at radius 3 is 2.68 bits per heavy atom. The minimum absolute atomic E-state index is 0.138. The summed E-state index contributed by atoms with van der Waals surface area (Å²) < 4.78 is 5.36. The Labute approximate surface area is 133 Å². The van der Waals surface area contributed by atoms with E-state index in [2.05, 4.69) is 13.8 Å². The van der Waals surface area contributed by atoms with Crippen molar-refractivity contribution >= 4 is 5.97 Å². The van der Waals surface area contributed by atoms with Gasteiger partial charge in [-0.05, 0) is 62.2 Å². The number of cyclic esters (lactones) is 1. The highest BCUT2D eigenvalue weighted by Gasteiger charge is 2.53. The fourth-order valence-electron chi connectivity index (χ4n) is 5.68. The van der Waals surface area contributed by atoms with Gasteiger partial charge in [-0.25, -0.2) is 4.79 Å². The number of esters is 1. The van der Waals surface area contributed by atoms with E-state index in [0.717, 1.165) is 32.1 Å². The molecule has 22 heavy (non-hydrogen) atoms. The summed E-state index contributed by atoms with van der Waals surface area (Å²) in [6, 6.07) is 0. The quantitative estimate of drug-likeness (QED) is 0.787. The van der Waals surface area contributed by atoms with Crippen molar-refractivity contribution in [3.8, 4) is 0 Å². The molecule has 0 aromatic heterocycles. The molecule has 3 rings (SSSR count). The van der Waals surface area contributed by atoms with Gasteiger partial charge < -0.3 is 14.9 Å². The monoisotopic (exact) mass is 310 g/mol. The van der Waals surface area contributed by atoms with E-state index in [4.69, 9.17) is 4.74 Å². The van der Waals surface area contributed by atoms with Crippen molar-refractivity contribution in [2.75, 3.05) is 0 Å². The number of aliphatic hydroxyl groups is 2. The molecule has 0 radical (unpaired) electrons. The third kappa shape index (κ3) is 2.58. The number of carbonyl (C=O) groups excluding carboxylic acids is 1. The molecule has 7 atom stereocenters. The molecule has 1 aliphatic heterocycles. The first-order valence-electron chi connectivity index (χ1n) is 8.85. The zero-order valence-corrected chi connectivity index (χ0v) is 14.0. The highest BCUT2D eigenvalue weighted by atomic mass is 16.6. The first-order chi connectivity index (χ1) is 10.2. The summed E-state index contributed by atoms with van der Waals surface area (Å²) in [5.74, 6) is 0.986. The highest BCUT2D eigenvalue weighted by Crippen LogP contribution is 2.58. The molecular weight excluding hydrogens is 280 g/mol. The molecule has 1 saturated heterocycles. The minimum atomic E-state index is -1.31. The summed E-state index contributed by atoms with van der Waals surface area (Å²) in [7, 11) is 0. The van der Waals surface area contributed by atoms with E-state index in [1.807, 2.05) is 0 Å². The van der Waals surface area contributed by atoms with Crippen molar-refractivity contribution in [3.05, 3.63) is 0 Å². The van der Waals surface area contributed by atoms with Crippen LogP contribution in [0.25, 0.3) is 0 Å². The second-order valence-electron chi connectivity index (χ2n) is 8.47. The molecule has 0 amide bonds. The van der Waals surface area contributed by atoms with Gasteiger partial charge in [0.05, 0.1) is 6.10 Å². The maximum absolute atomic E-state index is 11.6. The van der Waals surface area contributed by atoms with Gasteiger partial charge in [0.15, 0.2) is 5.60 Å². The van der Waals surface area contributed by atoms with Gasteiger partial charge in [-0.15, -0.1) is 0 Å². The van der Waals surface area contributed by atoms with Gasteiger partial charge in [0.2, 0.25) is 0 Å². The fourth-order valence-corrected chi connectivity index (χ4v) is 5.68. The average molecular weight is 310 g/mol. The number of aliphatic hydroxyl groups excluding tert-OH is 1. The van der Waals surface area contributed by atoms with Crippen LogP contribution in [-0.4, -0.2) is 34.0 Å². The first kappa shape index (κ1) is 16.3. The average Bonchev–Trinajstić information content (AvgIpc) is 2.87. The molecule has 2 N–H and O–H groups in total. The van der Waals surface area contributed by atoms with Crippen molar-refractivity contribution in [2.24, 2.45) is 23.2 Å². The van der Waals surface area contributed by atoms with Gasteiger partial charge in [-0.3, -0.25) is 0 Å². The molecule has 0 bridgehead atoms. The lowest BCUT2D eigenvalue weighted by Gasteiger charge is -2.45. The molecule has 2 unspecified atom stereocenters. The number of hydrogen-bond acceptors (Lipinski definition) is 4. The van der Waals surface area contributed by atoms with Crippen LogP contribution in [-0.2, 0) is 9.53 Å². The van der Waals surface area contributed by atoms with Crippen LogP contribution < -0.4 is 0 Å². The molecule has 2 aliphatic carbocycles. The van der Waals surface area contributed by atoms with Crippen LogP contribution in [0.15, 0.2) is 0 Å². The zero-order chi connectivity index (χ0) is 16.1. The Morgan fingerprint density at radius 1 is 1.32 bits per heavy atom. The number of ether oxygens (including phenoxy) is 1. The van der Waals surface area contributed by atoms with Crippen molar-refractivity contribution in [1.29, 1.82) is 0 Å². The summed E-state index contributed by atoms with van der Waals surface area (Å²) >= 11 is 0. The van der Waals surface area contributed by atoms with E-state index in [-0.39, 0.29) is 17.6 Å². The molecule has 2 saturated carbocycles. The van der Waals surface area contributed by atoms with E-state index < -0.39 is 11.6 Å². The van der Waals surface area contributed by atoms with Crippen LogP contribution >= 0.6 is 0 Å². The maximum Gasteiger partial charge on any atom is 0.338 e. The molecule has 0 aromatic rings. The van der Waals surface area contributed by atoms with E-state index in [1.165, 1.54) is 6.42 Å². The summed E-state index contributed by atoms with van der Waals surface area (Å²) in [6.07, 6.45) is 6.48. The number of carbonyl (C=O) groups is 1. The Balaban J connectivity index is 1.66. The Hall–Kier alpha value is -0.610. The largest absolute Gasteiger partial charge is 0.460 e. The minimum Gasteiger partial charge on any atom is -0.460 e. The molecule has 1 heterocycles. The molecule has 3 aliphatic rings. The Kier molecular flexibility index (Phi) is 4.05. The van der Waals surface area contributed by atoms with E-state index >= 15 is 0 Å². The molecule has 4 nitrogen and oxygen atoms in total. The topological polar surface area (TPSA) is 66.8 Å². The molecule has 0 spiro atoms. The van der Waals surface area contributed by atoms with Crippen molar-refractivity contribution < 1.29 is 19.7 Å². The maximum atomic E-state index is 11.6. The van der Waals surface area contributed by atoms with E-state index in [9.17, 15) is 15.0 Å². The zero-order valence-electron chi connectivity index (χ0n) is 14.0. The fraction of sp³-hybridized carbons (Fsp3) is 0.944. The second kappa shape index (κ2) is 5.48. The predicted octanol–water partition coefficient (Wildman–Crippen LogP) is 2.66. The lowest BCUT2D eigenvalue weighted by molar-refractivity contribution is -0.154. The van der Waals surface area contributed by atoms with Crippen molar-refractivity contribution in [2.45, 2.75) is 83.5 Å². The smallest absolute Gasteiger partial charge is 0.338 e. The molecule has 126 valence electrons. The summed E-state index contributed by atoms with van der Waals surface area (Å²) in [5, 5.41) is 20.3. The third-order valence-corrected chi connectivity index (χ3v) is 6.82. The Morgan fingerprint density at radius 2 is 2.05 bits per heavy atom. The van der Waals surface area contributed by atoms with E-state index in [1.54, 1.807) is 6.92 Å². The summed E-state index contributed by atoms with van der Waals surface area (Å²) in [5.41, 5.74) is -1.09. The van der Waals surface area contributed by atoms with Crippen LogP contribution in [0.4, 0.5) is 0 Å². The van der Waals surface area contributed by atoms with Gasteiger partial charge >= 0.3 is 5.97 Å². The molecular formula is C18H30O4. The molecule has 4 heteroatoms. The van der Waals surface area contributed by atoms with Gasteiger partial charge in [0, 0.05) is 6.42 Å². The lowest BCUT2D eigenvalue weighted by Crippen LogP contribution is -2.41. The predicted molar refractivity (Wildman–Crippen MR) is 83.1 cm³/mol. The SMILES string of the molecule is CC(C[C@H]1C[C@@](C)(O)C(=O)O1)[C@H]1CCC2[C@H](O)CCC[C@@]21C. The van der Waals surface area contributed by atoms with Gasteiger partial charge in [0.1, 0.15) is 6.10 Å². The first-order valence-corrected chi connectivity index (χ1v) is 8.85. The van der Waals surface area contributed by atoms with Crippen LogP contribution in [0.1, 0.15) is 65.7 Å². The standard InChI is InChI=1S/C18H30O4/c1-11(9-12-10-18(3,21)16(20)22-12)13-6-7-14-15(19)5-4-8-17(13,14)2/h11-15,19,21H,4-10H2,1-3H3/t11?,12-,13+,14?,15+,17+,18+/m0/s1. The van der Waals surface area contributed by atoms with Crippen LogP contribution in [0.2, 0.25) is 0 Å².